The molecule has 1 aromatic heterocycles. The van der Waals surface area contributed by atoms with Crippen molar-refractivity contribution in [2.24, 2.45) is 0 Å². The van der Waals surface area contributed by atoms with Crippen molar-refractivity contribution < 1.29 is 19.1 Å². The third-order valence-electron chi connectivity index (χ3n) is 2.22. The monoisotopic (exact) mass is 249 g/mol. The zero-order valence-corrected chi connectivity index (χ0v) is 8.98. The SMILES string of the molecule is O=C(O)c1ccc(NC(=O)c2cn[nH]c2)c(F)c1. The van der Waals surface area contributed by atoms with Crippen LogP contribution in [0.15, 0.2) is 30.6 Å². The van der Waals surface area contributed by atoms with Crippen LogP contribution in [-0.2, 0) is 0 Å². The Kier molecular flexibility index (Phi) is 3.05. The Morgan fingerprint density at radius 2 is 2.11 bits per heavy atom. The highest BCUT2D eigenvalue weighted by Crippen LogP contribution is 2.16. The molecular formula is C11H8FN3O3. The Balaban J connectivity index is 2.20. The van der Waals surface area contributed by atoms with E-state index in [-0.39, 0.29) is 16.8 Å². The summed E-state index contributed by atoms with van der Waals surface area (Å²) in [6.07, 6.45) is 2.65. The summed E-state index contributed by atoms with van der Waals surface area (Å²) in [5.74, 6) is -2.58. The highest BCUT2D eigenvalue weighted by molar-refractivity contribution is 6.04. The molecule has 3 N–H and O–H groups in total. The molecule has 0 fully saturated rings. The lowest BCUT2D eigenvalue weighted by Gasteiger charge is -2.05. The van der Waals surface area contributed by atoms with E-state index in [1.165, 1.54) is 24.5 Å². The van der Waals surface area contributed by atoms with Crippen molar-refractivity contribution in [3.05, 3.63) is 47.5 Å². The fourth-order valence-corrected chi connectivity index (χ4v) is 1.32. The molecule has 0 spiro atoms. The minimum absolute atomic E-state index is 0.0915. The van der Waals surface area contributed by atoms with Crippen molar-refractivity contribution in [3.8, 4) is 0 Å². The molecule has 0 saturated heterocycles. The first-order valence-electron chi connectivity index (χ1n) is 4.91. The fraction of sp³-hybridized carbons (Fsp3) is 0. The maximum atomic E-state index is 13.5. The molecule has 6 nitrogen and oxygen atoms in total. The number of carbonyl (C=O) groups is 2. The number of hydrogen-bond acceptors (Lipinski definition) is 3. The lowest BCUT2D eigenvalue weighted by molar-refractivity contribution is 0.0696. The van der Waals surface area contributed by atoms with Crippen molar-refractivity contribution in [3.63, 3.8) is 0 Å². The molecule has 92 valence electrons. The summed E-state index contributed by atoms with van der Waals surface area (Å²) in [6.45, 7) is 0. The Morgan fingerprint density at radius 1 is 1.33 bits per heavy atom. The average Bonchev–Trinajstić information content (AvgIpc) is 2.85. The first-order valence-corrected chi connectivity index (χ1v) is 4.91. The highest BCUT2D eigenvalue weighted by Gasteiger charge is 2.12. The van der Waals surface area contributed by atoms with Crippen molar-refractivity contribution in [1.82, 2.24) is 10.2 Å². The van der Waals surface area contributed by atoms with Crippen LogP contribution in [0.3, 0.4) is 0 Å². The number of aromatic amines is 1. The van der Waals surface area contributed by atoms with E-state index in [1.54, 1.807) is 0 Å². The smallest absolute Gasteiger partial charge is 0.335 e. The quantitative estimate of drug-likeness (QED) is 0.768. The van der Waals surface area contributed by atoms with Crippen LogP contribution in [0.25, 0.3) is 0 Å². The van der Waals surface area contributed by atoms with Gasteiger partial charge in [-0.15, -0.1) is 0 Å². The standard InChI is InChI=1S/C11H8FN3O3/c12-8-3-6(11(17)18)1-2-9(8)15-10(16)7-4-13-14-5-7/h1-5H,(H,13,14)(H,15,16)(H,17,18). The van der Waals surface area contributed by atoms with Crippen LogP contribution >= 0.6 is 0 Å². The molecule has 0 saturated carbocycles. The number of carbonyl (C=O) groups excluding carboxylic acids is 1. The number of rotatable bonds is 3. The topological polar surface area (TPSA) is 95.1 Å². The lowest BCUT2D eigenvalue weighted by atomic mass is 10.2. The van der Waals surface area contributed by atoms with Gasteiger partial charge in [0.2, 0.25) is 0 Å². The third-order valence-corrected chi connectivity index (χ3v) is 2.22. The van der Waals surface area contributed by atoms with Gasteiger partial charge in [0.1, 0.15) is 5.82 Å². The van der Waals surface area contributed by atoms with E-state index in [0.29, 0.717) is 0 Å². The number of H-pyrrole nitrogens is 1. The maximum Gasteiger partial charge on any atom is 0.335 e. The van der Waals surface area contributed by atoms with Gasteiger partial charge >= 0.3 is 5.97 Å². The van der Waals surface area contributed by atoms with Crippen LogP contribution in [0.2, 0.25) is 0 Å². The summed E-state index contributed by atoms with van der Waals surface area (Å²) in [5.41, 5.74) is -0.0308. The van der Waals surface area contributed by atoms with Gasteiger partial charge in [0.05, 0.1) is 23.0 Å². The third kappa shape index (κ3) is 2.34. The molecule has 1 amide bonds. The van der Waals surface area contributed by atoms with Gasteiger partial charge in [-0.2, -0.15) is 5.10 Å². The summed E-state index contributed by atoms with van der Waals surface area (Å²) in [5, 5.41) is 17.0. The lowest BCUT2D eigenvalue weighted by Crippen LogP contribution is -2.12. The van der Waals surface area contributed by atoms with Gasteiger partial charge in [0.15, 0.2) is 0 Å². The van der Waals surface area contributed by atoms with E-state index in [4.69, 9.17) is 5.11 Å². The van der Waals surface area contributed by atoms with Crippen LogP contribution < -0.4 is 5.32 Å². The maximum absolute atomic E-state index is 13.5. The van der Waals surface area contributed by atoms with E-state index in [9.17, 15) is 14.0 Å². The van der Waals surface area contributed by atoms with Crippen LogP contribution in [-0.4, -0.2) is 27.2 Å². The van der Waals surface area contributed by atoms with E-state index in [0.717, 1.165) is 6.07 Å². The molecule has 0 atom stereocenters. The predicted octanol–water partition coefficient (Wildman–Crippen LogP) is 1.50. The zero-order chi connectivity index (χ0) is 13.1. The molecule has 2 rings (SSSR count). The van der Waals surface area contributed by atoms with E-state index in [2.05, 4.69) is 15.5 Å². The van der Waals surface area contributed by atoms with Crippen LogP contribution in [0, 0.1) is 5.82 Å². The minimum atomic E-state index is -1.23. The number of nitrogens with one attached hydrogen (secondary N) is 2. The van der Waals surface area contributed by atoms with Gasteiger partial charge in [-0.25, -0.2) is 9.18 Å². The summed E-state index contributed by atoms with van der Waals surface area (Å²) < 4.78 is 13.5. The Bertz CT molecular complexity index is 596. The molecule has 0 aliphatic rings. The molecule has 1 aromatic carbocycles. The number of amides is 1. The second-order valence-corrected chi connectivity index (χ2v) is 3.44. The number of aromatic nitrogens is 2. The normalized spacial score (nSPS) is 10.1. The number of halogens is 1. The number of anilines is 1. The molecule has 0 aliphatic heterocycles. The van der Waals surface area contributed by atoms with Gasteiger partial charge in [0, 0.05) is 6.20 Å². The molecule has 1 heterocycles. The second-order valence-electron chi connectivity index (χ2n) is 3.44. The molecular weight excluding hydrogens is 241 g/mol. The summed E-state index contributed by atoms with van der Waals surface area (Å²) in [4.78, 5) is 22.2. The summed E-state index contributed by atoms with van der Waals surface area (Å²) >= 11 is 0. The number of aromatic carboxylic acids is 1. The number of carboxylic acid groups (broad SMARTS) is 1. The highest BCUT2D eigenvalue weighted by atomic mass is 19.1. The zero-order valence-electron chi connectivity index (χ0n) is 8.98. The number of hydrogen-bond donors (Lipinski definition) is 3. The van der Waals surface area contributed by atoms with E-state index >= 15 is 0 Å². The average molecular weight is 249 g/mol. The Hall–Kier alpha value is -2.70. The van der Waals surface area contributed by atoms with Gasteiger partial charge in [-0.3, -0.25) is 9.89 Å². The first kappa shape index (κ1) is 11.8. The van der Waals surface area contributed by atoms with Crippen LogP contribution in [0.5, 0.6) is 0 Å². The Morgan fingerprint density at radius 3 is 2.67 bits per heavy atom. The Labute approximate surface area is 100 Å². The van der Waals surface area contributed by atoms with Gasteiger partial charge < -0.3 is 10.4 Å². The molecule has 0 unspecified atom stereocenters. The summed E-state index contributed by atoms with van der Waals surface area (Å²) in [6, 6.07) is 3.24. The molecule has 18 heavy (non-hydrogen) atoms. The van der Waals surface area contributed by atoms with Gasteiger partial charge in [-0.05, 0) is 18.2 Å². The molecule has 0 aliphatic carbocycles. The fourth-order valence-electron chi connectivity index (χ4n) is 1.32. The van der Waals surface area contributed by atoms with E-state index < -0.39 is 17.7 Å². The largest absolute Gasteiger partial charge is 0.478 e. The predicted molar refractivity (Wildman–Crippen MR) is 59.9 cm³/mol. The van der Waals surface area contributed by atoms with Crippen molar-refractivity contribution in [1.29, 1.82) is 0 Å². The van der Waals surface area contributed by atoms with Crippen LogP contribution in [0.1, 0.15) is 20.7 Å². The van der Waals surface area contributed by atoms with Gasteiger partial charge in [0.25, 0.3) is 5.91 Å². The first-order chi connectivity index (χ1) is 8.58. The van der Waals surface area contributed by atoms with Crippen molar-refractivity contribution in [2.45, 2.75) is 0 Å². The molecule has 7 heteroatoms. The second kappa shape index (κ2) is 4.66. The minimum Gasteiger partial charge on any atom is -0.478 e. The molecule has 0 radical (unpaired) electrons. The van der Waals surface area contributed by atoms with Crippen LogP contribution in [0.4, 0.5) is 10.1 Å². The summed E-state index contributed by atoms with van der Waals surface area (Å²) in [7, 11) is 0. The number of carboxylic acids is 1. The number of nitrogens with zero attached hydrogens (tertiary/aromatic N) is 1. The van der Waals surface area contributed by atoms with Crippen molar-refractivity contribution >= 4 is 17.6 Å². The molecule has 2 aromatic rings. The van der Waals surface area contributed by atoms with Gasteiger partial charge in [-0.1, -0.05) is 0 Å². The van der Waals surface area contributed by atoms with Crippen molar-refractivity contribution in [2.75, 3.05) is 5.32 Å². The van der Waals surface area contributed by atoms with E-state index in [1.807, 2.05) is 0 Å². The number of benzene rings is 1. The molecule has 0 bridgehead atoms.